The van der Waals surface area contributed by atoms with Crippen LogP contribution in [0, 0.1) is 5.92 Å². The summed E-state index contributed by atoms with van der Waals surface area (Å²) in [6.07, 6.45) is 17.1. The van der Waals surface area contributed by atoms with Crippen molar-refractivity contribution < 1.29 is 28.7 Å². The molecule has 10 heteroatoms. The first-order valence-electron chi connectivity index (χ1n) is 17.3. The van der Waals surface area contributed by atoms with E-state index in [4.69, 9.17) is 10.5 Å². The van der Waals surface area contributed by atoms with Crippen LogP contribution in [-0.2, 0) is 28.7 Å². The van der Waals surface area contributed by atoms with E-state index >= 15 is 0 Å². The van der Waals surface area contributed by atoms with Crippen molar-refractivity contribution in [3.8, 4) is 0 Å². The van der Waals surface area contributed by atoms with Gasteiger partial charge in [-0.15, -0.1) is 0 Å². The van der Waals surface area contributed by atoms with Gasteiger partial charge in [0.1, 0.15) is 6.04 Å². The van der Waals surface area contributed by atoms with Crippen molar-refractivity contribution in [1.29, 1.82) is 0 Å². The Bertz CT molecular complexity index is 820. The Morgan fingerprint density at radius 1 is 0.705 bits per heavy atom. The molecule has 0 heterocycles. The number of unbranched alkanes of at least 4 members (excludes halogenated alkanes) is 12. The number of methoxy groups -OCH3 is 1. The molecular formula is C34H64N4O6. The van der Waals surface area contributed by atoms with Gasteiger partial charge in [0.25, 0.3) is 0 Å². The van der Waals surface area contributed by atoms with Gasteiger partial charge in [-0.25, -0.2) is 0 Å². The highest BCUT2D eigenvalue weighted by molar-refractivity contribution is 5.90. The highest BCUT2D eigenvalue weighted by Gasteiger charge is 2.37. The molecule has 0 radical (unpaired) electrons. The number of hydrogen-bond acceptors (Lipinski definition) is 6. The van der Waals surface area contributed by atoms with Gasteiger partial charge in [-0.3, -0.25) is 24.0 Å². The summed E-state index contributed by atoms with van der Waals surface area (Å²) < 4.78 is 4.89. The summed E-state index contributed by atoms with van der Waals surface area (Å²) in [6.45, 7) is 8.03. The molecule has 10 nitrogen and oxygen atoms in total. The number of carbonyl (C=O) groups is 5. The van der Waals surface area contributed by atoms with Crippen LogP contribution in [0.5, 0.6) is 0 Å². The second-order valence-electron chi connectivity index (χ2n) is 12.3. The minimum absolute atomic E-state index is 0.0168. The van der Waals surface area contributed by atoms with E-state index in [0.29, 0.717) is 32.2 Å². The first-order valence-corrected chi connectivity index (χ1v) is 17.3. The average molecular weight is 625 g/mol. The lowest BCUT2D eigenvalue weighted by Gasteiger charge is -2.38. The summed E-state index contributed by atoms with van der Waals surface area (Å²) in [5.41, 5.74) is 5.75. The molecular weight excluding hydrogens is 560 g/mol. The monoisotopic (exact) mass is 624 g/mol. The van der Waals surface area contributed by atoms with E-state index in [0.717, 1.165) is 44.9 Å². The molecule has 0 aliphatic carbocycles. The van der Waals surface area contributed by atoms with Gasteiger partial charge < -0.3 is 26.0 Å². The zero-order valence-electron chi connectivity index (χ0n) is 28.6. The fourth-order valence-electron chi connectivity index (χ4n) is 5.48. The van der Waals surface area contributed by atoms with E-state index in [-0.39, 0.29) is 30.7 Å². The molecule has 0 fully saturated rings. The van der Waals surface area contributed by atoms with E-state index in [9.17, 15) is 24.0 Å². The Labute approximate surface area is 267 Å². The second kappa shape index (κ2) is 26.7. The number of primary amides is 1. The molecule has 4 amide bonds. The first-order chi connectivity index (χ1) is 21.1. The number of hydrogen-bond donors (Lipinski definition) is 3. The smallest absolute Gasteiger partial charge is 0.307 e. The predicted octanol–water partition coefficient (Wildman–Crippen LogP) is 5.55. The molecule has 4 N–H and O–H groups in total. The molecule has 2 atom stereocenters. The Balaban J connectivity index is 5.14. The molecule has 0 aliphatic rings. The van der Waals surface area contributed by atoms with E-state index in [1.54, 1.807) is 13.8 Å². The number of nitrogens with one attached hydrogen (secondary N) is 2. The van der Waals surface area contributed by atoms with E-state index < -0.39 is 29.9 Å². The van der Waals surface area contributed by atoms with Gasteiger partial charge >= 0.3 is 5.97 Å². The highest BCUT2D eigenvalue weighted by atomic mass is 16.5. The zero-order valence-corrected chi connectivity index (χ0v) is 28.6. The molecule has 0 bridgehead atoms. The molecule has 0 saturated heterocycles. The van der Waals surface area contributed by atoms with Crippen molar-refractivity contribution in [3.63, 3.8) is 0 Å². The molecule has 0 aliphatic heterocycles. The summed E-state index contributed by atoms with van der Waals surface area (Å²) in [7, 11) is 1.27. The number of rotatable bonds is 28. The third-order valence-electron chi connectivity index (χ3n) is 8.02. The Hall–Kier alpha value is -2.65. The molecule has 0 rings (SSSR count). The van der Waals surface area contributed by atoms with Crippen LogP contribution in [0.25, 0.3) is 0 Å². The van der Waals surface area contributed by atoms with E-state index in [2.05, 4.69) is 24.5 Å². The fourth-order valence-corrected chi connectivity index (χ4v) is 5.48. The van der Waals surface area contributed by atoms with Crippen molar-refractivity contribution in [1.82, 2.24) is 15.5 Å². The summed E-state index contributed by atoms with van der Waals surface area (Å²) >= 11 is 0. The van der Waals surface area contributed by atoms with Crippen molar-refractivity contribution >= 4 is 29.6 Å². The standard InChI is InChI=1S/C34H64N4O6/c1-6-8-10-12-14-16-18-22-29(39)36-24-20-21-28(25-32(42)44-5)38(33(27(3)4)34(35)43)31(41)26-37-30(40)23-19-17-15-13-11-9-7-2/h27-28,33H,6-26H2,1-5H3,(H2,35,43)(H,36,39)(H,37,40)/t28-,33-/m0/s1. The molecule has 0 unspecified atom stereocenters. The van der Waals surface area contributed by atoms with Crippen LogP contribution in [0.3, 0.4) is 0 Å². The maximum absolute atomic E-state index is 13.5. The quantitative estimate of drug-likeness (QED) is 0.0768. The summed E-state index contributed by atoms with van der Waals surface area (Å²) in [6, 6.07) is -1.65. The topological polar surface area (TPSA) is 148 Å². The predicted molar refractivity (Wildman–Crippen MR) is 176 cm³/mol. The summed E-state index contributed by atoms with van der Waals surface area (Å²) in [5.74, 6) is -2.24. The van der Waals surface area contributed by atoms with Crippen molar-refractivity contribution in [2.75, 3.05) is 20.2 Å². The SMILES string of the molecule is CCCCCCCCCC(=O)NCCC[C@@H](CC(=O)OC)N(C(=O)CNC(=O)CCCCCCCCC)[C@H](C(N)=O)C(C)C. The van der Waals surface area contributed by atoms with Crippen LogP contribution in [-0.4, -0.2) is 66.8 Å². The number of amides is 4. The third kappa shape index (κ3) is 20.3. The third-order valence-corrected chi connectivity index (χ3v) is 8.02. The van der Waals surface area contributed by atoms with Crippen molar-refractivity contribution in [2.45, 2.75) is 162 Å². The molecule has 0 aromatic carbocycles. The Morgan fingerprint density at radius 2 is 1.18 bits per heavy atom. The van der Waals surface area contributed by atoms with Gasteiger partial charge in [-0.05, 0) is 31.6 Å². The van der Waals surface area contributed by atoms with E-state index in [1.807, 2.05) is 0 Å². The molecule has 0 aromatic rings. The molecule has 0 aromatic heterocycles. The second-order valence-corrected chi connectivity index (χ2v) is 12.3. The van der Waals surface area contributed by atoms with Gasteiger partial charge in [-0.1, -0.05) is 105 Å². The number of carbonyl (C=O) groups excluding carboxylic acids is 5. The van der Waals surface area contributed by atoms with Crippen LogP contribution in [0.1, 0.15) is 150 Å². The molecule has 0 spiro atoms. The summed E-state index contributed by atoms with van der Waals surface area (Å²) in [4.78, 5) is 64.6. The number of nitrogens with two attached hydrogens (primary N) is 1. The number of nitrogens with zero attached hydrogens (tertiary/aromatic N) is 1. The number of ether oxygens (including phenoxy) is 1. The van der Waals surface area contributed by atoms with Crippen LogP contribution >= 0.6 is 0 Å². The maximum Gasteiger partial charge on any atom is 0.307 e. The Morgan fingerprint density at radius 3 is 1.64 bits per heavy atom. The molecule has 256 valence electrons. The van der Waals surface area contributed by atoms with Crippen LogP contribution in [0.2, 0.25) is 0 Å². The normalized spacial score (nSPS) is 12.4. The minimum atomic E-state index is -0.968. The van der Waals surface area contributed by atoms with Crippen LogP contribution in [0.15, 0.2) is 0 Å². The lowest BCUT2D eigenvalue weighted by molar-refractivity contribution is -0.149. The average Bonchev–Trinajstić information content (AvgIpc) is 2.98. The number of esters is 1. The largest absolute Gasteiger partial charge is 0.469 e. The van der Waals surface area contributed by atoms with Crippen molar-refractivity contribution in [3.05, 3.63) is 0 Å². The zero-order chi connectivity index (χ0) is 33.2. The lowest BCUT2D eigenvalue weighted by Crippen LogP contribution is -2.57. The van der Waals surface area contributed by atoms with E-state index in [1.165, 1.54) is 57.0 Å². The van der Waals surface area contributed by atoms with Gasteiger partial charge in [0, 0.05) is 25.4 Å². The molecule has 0 saturated carbocycles. The van der Waals surface area contributed by atoms with Gasteiger partial charge in [0.2, 0.25) is 23.6 Å². The fraction of sp³-hybridized carbons (Fsp3) is 0.853. The van der Waals surface area contributed by atoms with Crippen LogP contribution < -0.4 is 16.4 Å². The van der Waals surface area contributed by atoms with Gasteiger partial charge in [-0.2, -0.15) is 0 Å². The lowest BCUT2D eigenvalue weighted by atomic mass is 9.96. The maximum atomic E-state index is 13.5. The summed E-state index contributed by atoms with van der Waals surface area (Å²) in [5, 5.41) is 5.62. The van der Waals surface area contributed by atoms with Crippen molar-refractivity contribution in [2.24, 2.45) is 11.7 Å². The van der Waals surface area contributed by atoms with Gasteiger partial charge in [0.05, 0.1) is 20.1 Å². The Kier molecular flexibility index (Phi) is 25.1. The van der Waals surface area contributed by atoms with Gasteiger partial charge in [0.15, 0.2) is 0 Å². The highest BCUT2D eigenvalue weighted by Crippen LogP contribution is 2.21. The first kappa shape index (κ1) is 41.4. The molecule has 44 heavy (non-hydrogen) atoms. The van der Waals surface area contributed by atoms with Crippen LogP contribution in [0.4, 0.5) is 0 Å². The minimum Gasteiger partial charge on any atom is -0.469 e.